The molecule has 2 N–H and O–H groups in total. The fraction of sp³-hybridized carbons (Fsp3) is 1.00. The zero-order valence-corrected chi connectivity index (χ0v) is 11.3. The Morgan fingerprint density at radius 2 is 1.94 bits per heavy atom. The lowest BCUT2D eigenvalue weighted by molar-refractivity contribution is 0.176. The lowest BCUT2D eigenvalue weighted by Gasteiger charge is -2.32. The molecular weight excluding hydrogens is 196 g/mol. The molecule has 96 valence electrons. The van der Waals surface area contributed by atoms with Crippen LogP contribution in [0.3, 0.4) is 0 Å². The Morgan fingerprint density at radius 3 is 2.50 bits per heavy atom. The first-order valence-corrected chi connectivity index (χ1v) is 7.18. The second-order valence-corrected chi connectivity index (χ2v) is 5.48. The average molecular weight is 226 g/mol. The van der Waals surface area contributed by atoms with Gasteiger partial charge in [0.15, 0.2) is 0 Å². The molecule has 0 aromatic carbocycles. The monoisotopic (exact) mass is 226 g/mol. The molecule has 0 spiro atoms. The van der Waals surface area contributed by atoms with Crippen LogP contribution in [0.2, 0.25) is 0 Å². The van der Waals surface area contributed by atoms with Crippen molar-refractivity contribution in [2.75, 3.05) is 20.1 Å². The summed E-state index contributed by atoms with van der Waals surface area (Å²) in [7, 11) is 2.27. The lowest BCUT2D eigenvalue weighted by Crippen LogP contribution is -2.40. The third-order valence-electron chi connectivity index (χ3n) is 4.06. The van der Waals surface area contributed by atoms with E-state index in [4.69, 9.17) is 5.73 Å². The third kappa shape index (κ3) is 4.84. The van der Waals surface area contributed by atoms with Crippen LogP contribution in [0, 0.1) is 5.92 Å². The Bertz CT molecular complexity index is 164. The largest absolute Gasteiger partial charge is 0.329 e. The van der Waals surface area contributed by atoms with Crippen molar-refractivity contribution in [2.24, 2.45) is 11.7 Å². The van der Waals surface area contributed by atoms with Crippen LogP contribution in [-0.4, -0.2) is 31.1 Å². The highest BCUT2D eigenvalue weighted by molar-refractivity contribution is 4.74. The highest BCUT2D eigenvalue weighted by Crippen LogP contribution is 2.24. The van der Waals surface area contributed by atoms with Crippen LogP contribution < -0.4 is 5.73 Å². The maximum Gasteiger partial charge on any atom is 0.0215 e. The summed E-state index contributed by atoms with van der Waals surface area (Å²) in [6, 6.07) is 0.613. The van der Waals surface area contributed by atoms with Crippen LogP contribution in [0.1, 0.15) is 58.3 Å². The maximum absolute atomic E-state index is 5.88. The Hall–Kier alpha value is -0.0800. The SMILES string of the molecule is CCCCC(CN)N(C)CC1CCCCC1. The second-order valence-electron chi connectivity index (χ2n) is 5.48. The summed E-state index contributed by atoms with van der Waals surface area (Å²) in [5.41, 5.74) is 5.88. The first-order valence-electron chi connectivity index (χ1n) is 7.18. The van der Waals surface area contributed by atoms with Gasteiger partial charge in [-0.05, 0) is 32.2 Å². The van der Waals surface area contributed by atoms with Crippen LogP contribution in [-0.2, 0) is 0 Å². The molecule has 0 radical (unpaired) electrons. The van der Waals surface area contributed by atoms with Crippen LogP contribution in [0.5, 0.6) is 0 Å². The standard InChI is InChI=1S/C14H30N2/c1-3-4-10-14(11-15)16(2)12-13-8-6-5-7-9-13/h13-14H,3-12,15H2,1-2H3. The van der Waals surface area contributed by atoms with Gasteiger partial charge in [-0.15, -0.1) is 0 Å². The number of hydrogen-bond acceptors (Lipinski definition) is 2. The fourth-order valence-electron chi connectivity index (χ4n) is 2.88. The third-order valence-corrected chi connectivity index (χ3v) is 4.06. The summed E-state index contributed by atoms with van der Waals surface area (Å²) in [5.74, 6) is 0.939. The molecule has 2 heteroatoms. The first kappa shape index (κ1) is 14.0. The molecule has 0 bridgehead atoms. The van der Waals surface area contributed by atoms with E-state index >= 15 is 0 Å². The molecule has 1 aliphatic rings. The van der Waals surface area contributed by atoms with E-state index in [1.807, 2.05) is 0 Å². The molecule has 0 saturated heterocycles. The van der Waals surface area contributed by atoms with Gasteiger partial charge in [-0.2, -0.15) is 0 Å². The van der Waals surface area contributed by atoms with E-state index in [0.717, 1.165) is 12.5 Å². The lowest BCUT2D eigenvalue weighted by atomic mass is 9.88. The van der Waals surface area contributed by atoms with Crippen molar-refractivity contribution in [3.63, 3.8) is 0 Å². The van der Waals surface area contributed by atoms with Crippen molar-refractivity contribution in [3.05, 3.63) is 0 Å². The molecule has 0 aromatic rings. The van der Waals surface area contributed by atoms with Crippen LogP contribution in [0.4, 0.5) is 0 Å². The van der Waals surface area contributed by atoms with E-state index in [0.29, 0.717) is 6.04 Å². The minimum Gasteiger partial charge on any atom is -0.329 e. The molecule has 0 heterocycles. The number of likely N-dealkylation sites (N-methyl/N-ethyl adjacent to an activating group) is 1. The predicted octanol–water partition coefficient (Wildman–Crippen LogP) is 3.02. The van der Waals surface area contributed by atoms with E-state index in [-0.39, 0.29) is 0 Å². The summed E-state index contributed by atoms with van der Waals surface area (Å²) in [5, 5.41) is 0. The first-order chi connectivity index (χ1) is 7.77. The maximum atomic E-state index is 5.88. The zero-order chi connectivity index (χ0) is 11.8. The van der Waals surface area contributed by atoms with Crippen LogP contribution in [0.15, 0.2) is 0 Å². The summed E-state index contributed by atoms with van der Waals surface area (Å²) in [6.45, 7) is 4.35. The van der Waals surface area contributed by atoms with Crippen molar-refractivity contribution in [1.29, 1.82) is 0 Å². The summed E-state index contributed by atoms with van der Waals surface area (Å²) in [6.07, 6.45) is 11.1. The van der Waals surface area contributed by atoms with Gasteiger partial charge in [-0.1, -0.05) is 39.0 Å². The smallest absolute Gasteiger partial charge is 0.0215 e. The average Bonchev–Trinajstić information content (AvgIpc) is 2.31. The highest BCUT2D eigenvalue weighted by atomic mass is 15.1. The minimum absolute atomic E-state index is 0.613. The van der Waals surface area contributed by atoms with E-state index in [1.165, 1.54) is 57.9 Å². The molecule has 1 rings (SSSR count). The molecule has 0 amide bonds. The molecule has 0 aliphatic heterocycles. The summed E-state index contributed by atoms with van der Waals surface area (Å²) < 4.78 is 0. The summed E-state index contributed by atoms with van der Waals surface area (Å²) >= 11 is 0. The van der Waals surface area contributed by atoms with Gasteiger partial charge < -0.3 is 10.6 Å². The number of nitrogens with two attached hydrogens (primary N) is 1. The number of rotatable bonds is 7. The normalized spacial score (nSPS) is 20.2. The van der Waals surface area contributed by atoms with E-state index in [9.17, 15) is 0 Å². The molecule has 1 fully saturated rings. The Balaban J connectivity index is 2.26. The highest BCUT2D eigenvalue weighted by Gasteiger charge is 2.19. The molecule has 1 atom stereocenters. The van der Waals surface area contributed by atoms with Crippen LogP contribution >= 0.6 is 0 Å². The van der Waals surface area contributed by atoms with Crippen molar-refractivity contribution in [3.8, 4) is 0 Å². The van der Waals surface area contributed by atoms with Gasteiger partial charge in [-0.25, -0.2) is 0 Å². The molecule has 1 aliphatic carbocycles. The second kappa shape index (κ2) is 8.08. The van der Waals surface area contributed by atoms with E-state index in [2.05, 4.69) is 18.9 Å². The van der Waals surface area contributed by atoms with E-state index in [1.54, 1.807) is 0 Å². The van der Waals surface area contributed by atoms with Crippen LogP contribution in [0.25, 0.3) is 0 Å². The van der Waals surface area contributed by atoms with Crippen molar-refractivity contribution in [1.82, 2.24) is 4.90 Å². The van der Waals surface area contributed by atoms with Gasteiger partial charge in [0.1, 0.15) is 0 Å². The predicted molar refractivity (Wildman–Crippen MR) is 71.6 cm³/mol. The Morgan fingerprint density at radius 1 is 1.25 bits per heavy atom. The van der Waals surface area contributed by atoms with Crippen molar-refractivity contribution < 1.29 is 0 Å². The van der Waals surface area contributed by atoms with E-state index < -0.39 is 0 Å². The van der Waals surface area contributed by atoms with Crippen molar-refractivity contribution in [2.45, 2.75) is 64.3 Å². The molecule has 1 unspecified atom stereocenters. The molecule has 1 saturated carbocycles. The Kier molecular flexibility index (Phi) is 7.06. The topological polar surface area (TPSA) is 29.3 Å². The van der Waals surface area contributed by atoms with Gasteiger partial charge in [-0.3, -0.25) is 0 Å². The minimum atomic E-state index is 0.613. The summed E-state index contributed by atoms with van der Waals surface area (Å²) in [4.78, 5) is 2.52. The molecule has 16 heavy (non-hydrogen) atoms. The van der Waals surface area contributed by atoms with Gasteiger partial charge in [0.05, 0.1) is 0 Å². The Labute approximate surface area is 102 Å². The fourth-order valence-corrected chi connectivity index (χ4v) is 2.88. The molecule has 2 nitrogen and oxygen atoms in total. The molecule has 0 aromatic heterocycles. The van der Waals surface area contributed by atoms with Gasteiger partial charge >= 0.3 is 0 Å². The number of unbranched alkanes of at least 4 members (excludes halogenated alkanes) is 1. The number of nitrogens with zero attached hydrogens (tertiary/aromatic N) is 1. The number of hydrogen-bond donors (Lipinski definition) is 1. The van der Waals surface area contributed by atoms with Gasteiger partial charge in [0, 0.05) is 19.1 Å². The van der Waals surface area contributed by atoms with Crippen molar-refractivity contribution >= 4 is 0 Å². The van der Waals surface area contributed by atoms with Gasteiger partial charge in [0.25, 0.3) is 0 Å². The van der Waals surface area contributed by atoms with Gasteiger partial charge in [0.2, 0.25) is 0 Å². The zero-order valence-electron chi connectivity index (χ0n) is 11.3. The molecular formula is C14H30N2. The quantitative estimate of drug-likeness (QED) is 0.723.